The van der Waals surface area contributed by atoms with E-state index in [4.69, 9.17) is 5.26 Å². The molecule has 0 saturated carbocycles. The Morgan fingerprint density at radius 2 is 1.93 bits per heavy atom. The van der Waals surface area contributed by atoms with E-state index in [-0.39, 0.29) is 0 Å². The van der Waals surface area contributed by atoms with Crippen LogP contribution < -0.4 is 5.32 Å². The number of hydrogen-bond donors (Lipinski definition) is 1. The molecule has 0 radical (unpaired) electrons. The van der Waals surface area contributed by atoms with Gasteiger partial charge in [-0.2, -0.15) is 18.4 Å². The summed E-state index contributed by atoms with van der Waals surface area (Å²) < 4.78 is 36.6. The summed E-state index contributed by atoms with van der Waals surface area (Å²) in [7, 11) is 0. The molecule has 1 N–H and O–H groups in total. The Morgan fingerprint density at radius 3 is 2.36 bits per heavy atom. The van der Waals surface area contributed by atoms with Gasteiger partial charge in [0.1, 0.15) is 11.6 Å². The Bertz CT molecular complexity index is 375. The highest BCUT2D eigenvalue weighted by atomic mass is 19.4. The normalized spacial score (nSPS) is 17.9. The molecule has 0 atom stereocenters. The highest BCUT2D eigenvalue weighted by Crippen LogP contribution is 2.32. The molecule has 0 bridgehead atoms. The summed E-state index contributed by atoms with van der Waals surface area (Å²) in [6.07, 6.45) is -5.81. The van der Waals surface area contributed by atoms with Crippen molar-refractivity contribution in [1.82, 2.24) is 5.32 Å². The maximum atomic E-state index is 12.2. The van der Waals surface area contributed by atoms with Crippen molar-refractivity contribution in [3.63, 3.8) is 0 Å². The number of nitrogens with zero attached hydrogens (tertiary/aromatic N) is 1. The third-order valence-corrected chi connectivity index (χ3v) is 1.57. The Morgan fingerprint density at radius 1 is 1.36 bits per heavy atom. The van der Waals surface area contributed by atoms with Gasteiger partial charge in [-0.1, -0.05) is 0 Å². The second kappa shape index (κ2) is 3.14. The van der Waals surface area contributed by atoms with Crippen LogP contribution in [0.1, 0.15) is 6.42 Å². The van der Waals surface area contributed by atoms with Gasteiger partial charge in [-0.3, -0.25) is 14.9 Å². The van der Waals surface area contributed by atoms with E-state index in [0.29, 0.717) is 0 Å². The van der Waals surface area contributed by atoms with Crippen molar-refractivity contribution in [2.24, 2.45) is 0 Å². The van der Waals surface area contributed by atoms with E-state index in [1.54, 1.807) is 5.32 Å². The number of hydrogen-bond acceptors (Lipinski definition) is 3. The van der Waals surface area contributed by atoms with Crippen LogP contribution in [0.5, 0.6) is 0 Å². The number of imide groups is 1. The first-order valence-electron chi connectivity index (χ1n) is 3.41. The zero-order chi connectivity index (χ0) is 10.9. The van der Waals surface area contributed by atoms with Gasteiger partial charge in [0.25, 0.3) is 5.91 Å². The molecular weight excluding hydrogens is 201 g/mol. The molecule has 0 aromatic rings. The topological polar surface area (TPSA) is 70.0 Å². The van der Waals surface area contributed by atoms with Crippen molar-refractivity contribution in [3.05, 3.63) is 11.1 Å². The van der Waals surface area contributed by atoms with Crippen LogP contribution >= 0.6 is 0 Å². The van der Waals surface area contributed by atoms with Crippen LogP contribution in [0.4, 0.5) is 13.2 Å². The van der Waals surface area contributed by atoms with Crippen molar-refractivity contribution in [3.8, 4) is 6.07 Å². The molecule has 1 heterocycles. The number of carbonyl (C=O) groups is 2. The van der Waals surface area contributed by atoms with E-state index in [0.717, 1.165) is 6.07 Å². The largest absolute Gasteiger partial charge is 0.414 e. The van der Waals surface area contributed by atoms with Crippen LogP contribution in [-0.4, -0.2) is 18.0 Å². The average Bonchev–Trinajstić information content (AvgIpc) is 2.01. The van der Waals surface area contributed by atoms with E-state index in [1.807, 2.05) is 0 Å². The molecule has 0 unspecified atom stereocenters. The third kappa shape index (κ3) is 1.74. The zero-order valence-electron chi connectivity index (χ0n) is 6.60. The van der Waals surface area contributed by atoms with Gasteiger partial charge in [-0.05, 0) is 0 Å². The monoisotopic (exact) mass is 204 g/mol. The Labute approximate surface area is 76.0 Å². The maximum absolute atomic E-state index is 12.2. The average molecular weight is 204 g/mol. The predicted octanol–water partition coefficient (Wildman–Crippen LogP) is 0.415. The molecule has 0 saturated heterocycles. The summed E-state index contributed by atoms with van der Waals surface area (Å²) in [6.45, 7) is 0. The summed E-state index contributed by atoms with van der Waals surface area (Å²) in [5.41, 5.74) is -2.43. The van der Waals surface area contributed by atoms with Crippen LogP contribution in [0.2, 0.25) is 0 Å². The number of amides is 2. The molecule has 0 fully saturated rings. The SMILES string of the molecule is N#CC1=C(C(F)(F)F)CC(=O)NC1=O. The van der Waals surface area contributed by atoms with Crippen LogP contribution in [-0.2, 0) is 9.59 Å². The lowest BCUT2D eigenvalue weighted by molar-refractivity contribution is -0.133. The summed E-state index contributed by atoms with van der Waals surface area (Å²) in [5.74, 6) is -2.35. The Balaban J connectivity index is 3.27. The molecule has 7 heteroatoms. The smallest absolute Gasteiger partial charge is 0.291 e. The van der Waals surface area contributed by atoms with Crippen molar-refractivity contribution >= 4 is 11.8 Å². The van der Waals surface area contributed by atoms with Crippen LogP contribution in [0.15, 0.2) is 11.1 Å². The van der Waals surface area contributed by atoms with E-state index in [1.165, 1.54) is 0 Å². The molecule has 14 heavy (non-hydrogen) atoms. The number of rotatable bonds is 0. The van der Waals surface area contributed by atoms with Gasteiger partial charge in [0, 0.05) is 0 Å². The number of nitriles is 1. The zero-order valence-corrected chi connectivity index (χ0v) is 6.60. The summed E-state index contributed by atoms with van der Waals surface area (Å²) >= 11 is 0. The van der Waals surface area contributed by atoms with Gasteiger partial charge in [0.2, 0.25) is 5.91 Å². The molecule has 74 valence electrons. The number of alkyl halides is 3. The molecule has 4 nitrogen and oxygen atoms in total. The van der Waals surface area contributed by atoms with Crippen molar-refractivity contribution in [1.29, 1.82) is 5.26 Å². The van der Waals surface area contributed by atoms with E-state index >= 15 is 0 Å². The number of halogens is 3. The van der Waals surface area contributed by atoms with E-state index in [2.05, 4.69) is 0 Å². The standard InChI is InChI=1S/C7H3F3N2O2/c8-7(9,10)4-1-5(13)12-6(14)3(4)2-11/h1H2,(H,12,13,14). The van der Waals surface area contributed by atoms with E-state index < -0.39 is 35.6 Å². The Hall–Kier alpha value is -1.84. The first-order valence-corrected chi connectivity index (χ1v) is 3.41. The third-order valence-electron chi connectivity index (χ3n) is 1.57. The molecule has 2 amide bonds. The summed E-state index contributed by atoms with van der Waals surface area (Å²) in [6, 6.07) is 1.13. The second-order valence-electron chi connectivity index (χ2n) is 2.52. The minimum Gasteiger partial charge on any atom is -0.291 e. The van der Waals surface area contributed by atoms with Gasteiger partial charge in [-0.15, -0.1) is 0 Å². The lowest BCUT2D eigenvalue weighted by Crippen LogP contribution is -2.39. The number of nitrogens with one attached hydrogen (secondary N) is 1. The lowest BCUT2D eigenvalue weighted by atomic mass is 10.0. The lowest BCUT2D eigenvalue weighted by Gasteiger charge is -2.17. The highest BCUT2D eigenvalue weighted by Gasteiger charge is 2.42. The van der Waals surface area contributed by atoms with Gasteiger partial charge >= 0.3 is 6.18 Å². The molecule has 0 aromatic heterocycles. The summed E-state index contributed by atoms with van der Waals surface area (Å²) in [4.78, 5) is 21.4. The molecule has 1 aliphatic heterocycles. The maximum Gasteiger partial charge on any atom is 0.414 e. The first kappa shape index (κ1) is 10.2. The molecular formula is C7H3F3N2O2. The number of carbonyl (C=O) groups excluding carboxylic acids is 2. The van der Waals surface area contributed by atoms with Crippen LogP contribution in [0.25, 0.3) is 0 Å². The highest BCUT2D eigenvalue weighted by molar-refractivity contribution is 6.10. The van der Waals surface area contributed by atoms with Crippen molar-refractivity contribution < 1.29 is 22.8 Å². The van der Waals surface area contributed by atoms with Gasteiger partial charge in [0.15, 0.2) is 0 Å². The molecule has 1 rings (SSSR count). The first-order chi connectivity index (χ1) is 6.36. The van der Waals surface area contributed by atoms with Crippen molar-refractivity contribution in [2.75, 3.05) is 0 Å². The molecule has 0 aromatic carbocycles. The van der Waals surface area contributed by atoms with Crippen LogP contribution in [0, 0.1) is 11.3 Å². The van der Waals surface area contributed by atoms with Gasteiger partial charge in [0.05, 0.1) is 12.0 Å². The fourth-order valence-corrected chi connectivity index (χ4v) is 0.980. The van der Waals surface area contributed by atoms with Crippen molar-refractivity contribution in [2.45, 2.75) is 12.6 Å². The molecule has 0 spiro atoms. The van der Waals surface area contributed by atoms with Crippen LogP contribution in [0.3, 0.4) is 0 Å². The van der Waals surface area contributed by atoms with Gasteiger partial charge < -0.3 is 0 Å². The predicted molar refractivity (Wildman–Crippen MR) is 36.5 cm³/mol. The Kier molecular flexibility index (Phi) is 2.30. The minimum atomic E-state index is -4.82. The second-order valence-corrected chi connectivity index (χ2v) is 2.52. The molecule has 1 aliphatic rings. The molecule has 0 aliphatic carbocycles. The van der Waals surface area contributed by atoms with Gasteiger partial charge in [-0.25, -0.2) is 0 Å². The van der Waals surface area contributed by atoms with E-state index in [9.17, 15) is 22.8 Å². The quantitative estimate of drug-likeness (QED) is 0.581. The summed E-state index contributed by atoms with van der Waals surface area (Å²) in [5, 5.41) is 9.93. The fourth-order valence-electron chi connectivity index (χ4n) is 0.980. The fraction of sp³-hybridized carbons (Fsp3) is 0.286. The minimum absolute atomic E-state index is 0.988.